The van der Waals surface area contributed by atoms with Crippen molar-refractivity contribution >= 4 is 5.91 Å². The van der Waals surface area contributed by atoms with Crippen molar-refractivity contribution in [3.8, 4) is 0 Å². The normalized spacial score (nSPS) is 30.6. The van der Waals surface area contributed by atoms with E-state index in [0.29, 0.717) is 18.1 Å². The number of amides is 1. The third-order valence-electron chi connectivity index (χ3n) is 5.22. The first-order chi connectivity index (χ1) is 9.76. The van der Waals surface area contributed by atoms with E-state index in [4.69, 9.17) is 0 Å². The average Bonchev–Trinajstić information content (AvgIpc) is 3.32. The first-order valence-corrected chi connectivity index (χ1v) is 8.84. The summed E-state index contributed by atoms with van der Waals surface area (Å²) in [4.78, 5) is 15.2. The molecule has 0 bridgehead atoms. The quantitative estimate of drug-likeness (QED) is 0.739. The molecule has 2 unspecified atom stereocenters. The fourth-order valence-corrected chi connectivity index (χ4v) is 3.90. The minimum absolute atomic E-state index is 0.103. The van der Waals surface area contributed by atoms with Gasteiger partial charge in [-0.2, -0.15) is 0 Å². The number of nitrogens with one attached hydrogen (secondary N) is 1. The van der Waals surface area contributed by atoms with Crippen molar-refractivity contribution < 1.29 is 4.79 Å². The van der Waals surface area contributed by atoms with Gasteiger partial charge in [-0.3, -0.25) is 10.1 Å². The SMILES string of the molecule is CCCCC1NC(CCC)N(C(C2CC2)C2CC2)C1=O. The number of nitrogens with zero attached hydrogens (tertiary/aromatic N) is 1. The van der Waals surface area contributed by atoms with Crippen molar-refractivity contribution in [3.05, 3.63) is 0 Å². The highest BCUT2D eigenvalue weighted by atomic mass is 16.2. The molecule has 1 heterocycles. The highest BCUT2D eigenvalue weighted by molar-refractivity contribution is 5.84. The van der Waals surface area contributed by atoms with E-state index in [1.165, 1.54) is 32.1 Å². The molecular weight excluding hydrogens is 248 g/mol. The van der Waals surface area contributed by atoms with Crippen LogP contribution >= 0.6 is 0 Å². The minimum Gasteiger partial charge on any atom is -0.322 e. The summed E-state index contributed by atoms with van der Waals surface area (Å²) in [6, 6.07) is 0.671. The van der Waals surface area contributed by atoms with Crippen LogP contribution in [0, 0.1) is 11.8 Å². The maximum absolute atomic E-state index is 12.9. The highest BCUT2D eigenvalue weighted by Crippen LogP contribution is 2.48. The minimum atomic E-state index is 0.103. The Labute approximate surface area is 123 Å². The third kappa shape index (κ3) is 2.88. The van der Waals surface area contributed by atoms with E-state index in [-0.39, 0.29) is 6.04 Å². The van der Waals surface area contributed by atoms with Crippen LogP contribution in [0.1, 0.15) is 71.6 Å². The molecule has 0 aromatic rings. The molecule has 114 valence electrons. The average molecular weight is 278 g/mol. The molecule has 3 rings (SSSR count). The second-order valence-corrected chi connectivity index (χ2v) is 7.08. The summed E-state index contributed by atoms with van der Waals surface area (Å²) >= 11 is 0. The van der Waals surface area contributed by atoms with Crippen molar-refractivity contribution in [3.63, 3.8) is 0 Å². The van der Waals surface area contributed by atoms with E-state index in [0.717, 1.165) is 37.5 Å². The zero-order valence-electron chi connectivity index (χ0n) is 13.1. The second kappa shape index (κ2) is 6.05. The lowest BCUT2D eigenvalue weighted by Gasteiger charge is -2.33. The molecule has 2 aliphatic carbocycles. The van der Waals surface area contributed by atoms with Gasteiger partial charge in [0.25, 0.3) is 0 Å². The van der Waals surface area contributed by atoms with E-state index in [1.807, 2.05) is 0 Å². The molecule has 3 aliphatic rings. The fourth-order valence-electron chi connectivity index (χ4n) is 3.90. The fraction of sp³-hybridized carbons (Fsp3) is 0.941. The van der Waals surface area contributed by atoms with E-state index in [9.17, 15) is 4.79 Å². The molecular formula is C17H30N2O. The van der Waals surface area contributed by atoms with Crippen molar-refractivity contribution in [1.82, 2.24) is 10.2 Å². The van der Waals surface area contributed by atoms with Gasteiger partial charge >= 0.3 is 0 Å². The predicted molar refractivity (Wildman–Crippen MR) is 81.2 cm³/mol. The van der Waals surface area contributed by atoms with Crippen LogP contribution in [0.4, 0.5) is 0 Å². The van der Waals surface area contributed by atoms with Crippen LogP contribution in [0.25, 0.3) is 0 Å². The van der Waals surface area contributed by atoms with Crippen LogP contribution in [-0.2, 0) is 4.79 Å². The monoisotopic (exact) mass is 278 g/mol. The van der Waals surface area contributed by atoms with Crippen molar-refractivity contribution in [1.29, 1.82) is 0 Å². The summed E-state index contributed by atoms with van der Waals surface area (Å²) in [5.41, 5.74) is 0. The van der Waals surface area contributed by atoms with Crippen LogP contribution in [0.2, 0.25) is 0 Å². The van der Waals surface area contributed by atoms with Crippen molar-refractivity contribution in [2.45, 2.75) is 89.9 Å². The summed E-state index contributed by atoms with van der Waals surface area (Å²) in [6.07, 6.45) is 11.4. The molecule has 1 amide bonds. The van der Waals surface area contributed by atoms with Gasteiger partial charge in [-0.1, -0.05) is 33.1 Å². The lowest BCUT2D eigenvalue weighted by atomic mass is 10.0. The number of hydrogen-bond donors (Lipinski definition) is 1. The van der Waals surface area contributed by atoms with Gasteiger partial charge in [0.15, 0.2) is 0 Å². The smallest absolute Gasteiger partial charge is 0.241 e. The van der Waals surface area contributed by atoms with E-state index >= 15 is 0 Å². The van der Waals surface area contributed by atoms with Gasteiger partial charge in [-0.05, 0) is 50.4 Å². The van der Waals surface area contributed by atoms with Gasteiger partial charge in [0, 0.05) is 6.04 Å². The molecule has 3 nitrogen and oxygen atoms in total. The molecule has 1 saturated heterocycles. The van der Waals surface area contributed by atoms with Gasteiger partial charge in [-0.15, -0.1) is 0 Å². The topological polar surface area (TPSA) is 32.3 Å². The Kier molecular flexibility index (Phi) is 4.34. The van der Waals surface area contributed by atoms with Gasteiger partial charge in [-0.25, -0.2) is 0 Å². The molecule has 0 aromatic heterocycles. The molecule has 2 atom stereocenters. The maximum atomic E-state index is 12.9. The van der Waals surface area contributed by atoms with Gasteiger partial charge < -0.3 is 4.90 Å². The van der Waals surface area contributed by atoms with Gasteiger partial charge in [0.05, 0.1) is 12.2 Å². The number of hydrogen-bond acceptors (Lipinski definition) is 2. The van der Waals surface area contributed by atoms with Crippen molar-refractivity contribution in [2.24, 2.45) is 11.8 Å². The largest absolute Gasteiger partial charge is 0.322 e. The number of carbonyl (C=O) groups is 1. The zero-order chi connectivity index (χ0) is 14.1. The summed E-state index contributed by atoms with van der Waals surface area (Å²) in [5.74, 6) is 2.05. The van der Waals surface area contributed by atoms with E-state index in [1.54, 1.807) is 0 Å². The Bertz CT molecular complexity index is 337. The Morgan fingerprint density at radius 1 is 1.10 bits per heavy atom. The first kappa shape index (κ1) is 14.4. The van der Waals surface area contributed by atoms with Crippen LogP contribution in [0.15, 0.2) is 0 Å². The van der Waals surface area contributed by atoms with E-state index < -0.39 is 0 Å². The number of rotatable bonds is 8. The summed E-state index contributed by atoms with van der Waals surface area (Å²) < 4.78 is 0. The molecule has 3 heteroatoms. The van der Waals surface area contributed by atoms with Crippen molar-refractivity contribution in [2.75, 3.05) is 0 Å². The molecule has 1 N–H and O–H groups in total. The maximum Gasteiger partial charge on any atom is 0.241 e. The highest BCUT2D eigenvalue weighted by Gasteiger charge is 2.51. The van der Waals surface area contributed by atoms with Gasteiger partial charge in [0.2, 0.25) is 5.91 Å². The van der Waals surface area contributed by atoms with Crippen LogP contribution in [0.3, 0.4) is 0 Å². The van der Waals surface area contributed by atoms with E-state index in [2.05, 4.69) is 24.1 Å². The number of unbranched alkanes of at least 4 members (excludes halogenated alkanes) is 1. The lowest BCUT2D eigenvalue weighted by Crippen LogP contribution is -2.47. The molecule has 20 heavy (non-hydrogen) atoms. The molecule has 2 saturated carbocycles. The summed E-state index contributed by atoms with van der Waals surface area (Å²) in [7, 11) is 0. The second-order valence-electron chi connectivity index (χ2n) is 7.08. The molecule has 3 fully saturated rings. The Balaban J connectivity index is 1.72. The Morgan fingerprint density at radius 2 is 1.75 bits per heavy atom. The van der Waals surface area contributed by atoms with Gasteiger partial charge in [0.1, 0.15) is 0 Å². The summed E-state index contributed by atoms with van der Waals surface area (Å²) in [5, 5.41) is 3.65. The standard InChI is InChI=1S/C17H30N2O/c1-3-5-7-14-17(20)19(15(18-14)6-4-2)16(12-8-9-12)13-10-11-13/h12-16,18H,3-11H2,1-2H3. The van der Waals surface area contributed by atoms with Crippen LogP contribution < -0.4 is 5.32 Å². The zero-order valence-corrected chi connectivity index (χ0v) is 13.1. The predicted octanol–water partition coefficient (Wildman–Crippen LogP) is 3.29. The molecule has 0 spiro atoms. The molecule has 0 aromatic carbocycles. The molecule has 1 aliphatic heterocycles. The Morgan fingerprint density at radius 3 is 2.25 bits per heavy atom. The first-order valence-electron chi connectivity index (χ1n) is 8.84. The third-order valence-corrected chi connectivity index (χ3v) is 5.22. The lowest BCUT2D eigenvalue weighted by molar-refractivity contribution is -0.133. The van der Waals surface area contributed by atoms with Crippen LogP contribution in [-0.4, -0.2) is 29.1 Å². The molecule has 0 radical (unpaired) electrons. The summed E-state index contributed by atoms with van der Waals surface area (Å²) in [6.45, 7) is 4.44. The number of carbonyl (C=O) groups excluding carboxylic acids is 1. The Hall–Kier alpha value is -0.570. The van der Waals surface area contributed by atoms with Crippen LogP contribution in [0.5, 0.6) is 0 Å².